The third-order valence-electron chi connectivity index (χ3n) is 4.88. The first-order chi connectivity index (χ1) is 15.3. The molecule has 4 rings (SSSR count). The number of pyridine rings is 1. The van der Waals surface area contributed by atoms with E-state index in [0.717, 1.165) is 17.0 Å². The molecule has 9 heteroatoms. The fraction of sp³-hybridized carbons (Fsp3) is 0.261. The normalized spacial score (nSPS) is 11.2. The molecule has 4 aromatic rings. The fourth-order valence-electron chi connectivity index (χ4n) is 3.20. The highest BCUT2D eigenvalue weighted by Gasteiger charge is 2.18. The number of nitrogens with zero attached hydrogens (tertiary/aromatic N) is 5. The number of hydrogen-bond donors (Lipinski definition) is 0. The molecule has 0 unspecified atom stereocenters. The number of ether oxygens (including phenoxy) is 1. The van der Waals surface area contributed by atoms with Gasteiger partial charge in [-0.05, 0) is 43.5 Å². The maximum Gasteiger partial charge on any atom is 0.359 e. The fourth-order valence-corrected chi connectivity index (χ4v) is 3.38. The van der Waals surface area contributed by atoms with E-state index in [9.17, 15) is 4.79 Å². The molecule has 0 fully saturated rings. The van der Waals surface area contributed by atoms with Gasteiger partial charge in [-0.3, -0.25) is 0 Å². The van der Waals surface area contributed by atoms with Gasteiger partial charge in [0, 0.05) is 11.3 Å². The third kappa shape index (κ3) is 4.55. The molecule has 0 aliphatic heterocycles. The maximum absolute atomic E-state index is 12.6. The number of hydrogen-bond acceptors (Lipinski definition) is 7. The Labute approximate surface area is 190 Å². The summed E-state index contributed by atoms with van der Waals surface area (Å²) >= 11 is 6.18. The minimum atomic E-state index is -0.695. The summed E-state index contributed by atoms with van der Waals surface area (Å²) in [4.78, 5) is 21.2. The predicted octanol–water partition coefficient (Wildman–Crippen LogP) is 5.07. The summed E-state index contributed by atoms with van der Waals surface area (Å²) in [6, 6.07) is 13.1. The number of carbonyl (C=O) groups excluding carboxylic acids is 1. The van der Waals surface area contributed by atoms with Gasteiger partial charge in [-0.1, -0.05) is 54.9 Å². The number of benzene rings is 1. The Morgan fingerprint density at radius 2 is 1.88 bits per heavy atom. The van der Waals surface area contributed by atoms with E-state index in [-0.39, 0.29) is 23.2 Å². The first-order valence-corrected chi connectivity index (χ1v) is 10.5. The molecular formula is C23H22ClN5O3. The molecule has 3 aromatic heterocycles. The van der Waals surface area contributed by atoms with E-state index in [1.165, 1.54) is 5.56 Å². The van der Waals surface area contributed by atoms with E-state index in [0.29, 0.717) is 17.6 Å². The van der Waals surface area contributed by atoms with Crippen molar-refractivity contribution < 1.29 is 14.1 Å². The van der Waals surface area contributed by atoms with E-state index < -0.39 is 5.97 Å². The average molecular weight is 452 g/mol. The Morgan fingerprint density at radius 3 is 2.53 bits per heavy atom. The van der Waals surface area contributed by atoms with Crippen molar-refractivity contribution in [3.63, 3.8) is 0 Å². The highest BCUT2D eigenvalue weighted by molar-refractivity contribution is 6.33. The van der Waals surface area contributed by atoms with Crippen LogP contribution in [0.3, 0.4) is 0 Å². The van der Waals surface area contributed by atoms with Crippen molar-refractivity contribution in [3.8, 4) is 17.2 Å². The van der Waals surface area contributed by atoms with E-state index in [1.54, 1.807) is 16.8 Å². The molecule has 0 atom stereocenters. The highest BCUT2D eigenvalue weighted by Crippen LogP contribution is 2.22. The highest BCUT2D eigenvalue weighted by atomic mass is 35.5. The van der Waals surface area contributed by atoms with Gasteiger partial charge >= 0.3 is 5.97 Å². The predicted molar refractivity (Wildman–Crippen MR) is 119 cm³/mol. The number of halogens is 1. The summed E-state index contributed by atoms with van der Waals surface area (Å²) in [5, 5.41) is 8.52. The number of aromatic nitrogens is 5. The molecule has 0 spiro atoms. The van der Waals surface area contributed by atoms with E-state index >= 15 is 0 Å². The molecule has 0 radical (unpaired) electrons. The second-order valence-corrected chi connectivity index (χ2v) is 8.11. The van der Waals surface area contributed by atoms with Gasteiger partial charge in [0.25, 0.3) is 5.89 Å². The lowest BCUT2D eigenvalue weighted by Gasteiger charge is -2.07. The van der Waals surface area contributed by atoms with E-state index in [1.807, 2.05) is 44.2 Å². The lowest BCUT2D eigenvalue weighted by molar-refractivity contribution is 0.0423. The van der Waals surface area contributed by atoms with Crippen LogP contribution in [-0.2, 0) is 11.3 Å². The minimum absolute atomic E-state index is 0.0132. The van der Waals surface area contributed by atoms with Crippen LogP contribution in [0, 0.1) is 13.8 Å². The molecule has 1 aromatic carbocycles. The summed E-state index contributed by atoms with van der Waals surface area (Å²) in [6.07, 6.45) is 0. The Morgan fingerprint density at radius 1 is 1.12 bits per heavy atom. The zero-order valence-corrected chi connectivity index (χ0v) is 18.9. The number of esters is 1. The molecule has 0 N–H and O–H groups in total. The van der Waals surface area contributed by atoms with Gasteiger partial charge in [0.2, 0.25) is 5.82 Å². The summed E-state index contributed by atoms with van der Waals surface area (Å²) < 4.78 is 12.2. The molecule has 0 bridgehead atoms. The summed E-state index contributed by atoms with van der Waals surface area (Å²) in [6.45, 7) is 7.84. The van der Waals surface area contributed by atoms with Gasteiger partial charge in [0.1, 0.15) is 0 Å². The van der Waals surface area contributed by atoms with Crippen molar-refractivity contribution in [3.05, 3.63) is 76.0 Å². The van der Waals surface area contributed by atoms with Gasteiger partial charge < -0.3 is 9.26 Å². The summed E-state index contributed by atoms with van der Waals surface area (Å²) in [7, 11) is 0. The minimum Gasteiger partial charge on any atom is -0.451 e. The van der Waals surface area contributed by atoms with Gasteiger partial charge in [0.05, 0.1) is 10.7 Å². The Kier molecular flexibility index (Phi) is 6.05. The topological polar surface area (TPSA) is 95.9 Å². The molecule has 32 heavy (non-hydrogen) atoms. The zero-order valence-electron chi connectivity index (χ0n) is 18.2. The SMILES string of the molecule is Cc1cc(C)n(-c2ccc(Cl)c(C(=O)OCc3nc(-c4ccc(C(C)C)cc4)no3)n2)n1. The number of carbonyl (C=O) groups is 1. The maximum atomic E-state index is 12.6. The van der Waals surface area contributed by atoms with Crippen LogP contribution in [0.15, 0.2) is 47.0 Å². The van der Waals surface area contributed by atoms with E-state index in [2.05, 4.69) is 34.1 Å². The third-order valence-corrected chi connectivity index (χ3v) is 5.19. The standard InChI is InChI=1S/C23H22ClN5O3/c1-13(2)16-5-7-17(8-6-16)22-26-20(32-28-22)12-31-23(30)21-18(24)9-10-19(25-21)29-15(4)11-14(3)27-29/h5-11,13H,12H2,1-4H3. The molecule has 3 heterocycles. The molecule has 0 saturated carbocycles. The van der Waals surface area contributed by atoms with Crippen LogP contribution in [-0.4, -0.2) is 30.9 Å². The van der Waals surface area contributed by atoms with Crippen molar-refractivity contribution in [2.75, 3.05) is 0 Å². The molecule has 8 nitrogen and oxygen atoms in total. The summed E-state index contributed by atoms with van der Waals surface area (Å²) in [5.41, 5.74) is 3.75. The second kappa shape index (κ2) is 8.92. The van der Waals surface area contributed by atoms with Gasteiger partial charge in [0.15, 0.2) is 18.1 Å². The van der Waals surface area contributed by atoms with Crippen LogP contribution >= 0.6 is 11.6 Å². The lowest BCUT2D eigenvalue weighted by atomic mass is 10.0. The summed E-state index contributed by atoms with van der Waals surface area (Å²) in [5.74, 6) is 0.807. The molecule has 0 aliphatic rings. The first-order valence-electron chi connectivity index (χ1n) is 10.1. The largest absolute Gasteiger partial charge is 0.451 e. The Hall–Kier alpha value is -3.52. The van der Waals surface area contributed by atoms with Crippen molar-refractivity contribution >= 4 is 17.6 Å². The molecule has 0 saturated heterocycles. The van der Waals surface area contributed by atoms with Crippen molar-refractivity contribution in [1.82, 2.24) is 24.9 Å². The zero-order chi connectivity index (χ0) is 22.8. The monoisotopic (exact) mass is 451 g/mol. The van der Waals surface area contributed by atoms with Crippen molar-refractivity contribution in [2.24, 2.45) is 0 Å². The number of rotatable bonds is 6. The van der Waals surface area contributed by atoms with Crippen LogP contribution in [0.4, 0.5) is 0 Å². The molecule has 0 aliphatic carbocycles. The lowest BCUT2D eigenvalue weighted by Crippen LogP contribution is -2.11. The quantitative estimate of drug-likeness (QED) is 0.377. The van der Waals surface area contributed by atoms with Crippen LogP contribution < -0.4 is 0 Å². The Balaban J connectivity index is 1.46. The van der Waals surface area contributed by atoms with Crippen LogP contribution in [0.1, 0.15) is 53.1 Å². The van der Waals surface area contributed by atoms with Crippen molar-refractivity contribution in [1.29, 1.82) is 0 Å². The van der Waals surface area contributed by atoms with Gasteiger partial charge in [-0.15, -0.1) is 0 Å². The van der Waals surface area contributed by atoms with Gasteiger partial charge in [-0.25, -0.2) is 14.5 Å². The Bertz CT molecular complexity index is 1260. The van der Waals surface area contributed by atoms with E-state index in [4.69, 9.17) is 20.9 Å². The molecule has 164 valence electrons. The average Bonchev–Trinajstić information content (AvgIpc) is 3.38. The molecular weight excluding hydrogens is 430 g/mol. The van der Waals surface area contributed by atoms with Crippen molar-refractivity contribution in [2.45, 2.75) is 40.2 Å². The smallest absolute Gasteiger partial charge is 0.359 e. The first kappa shape index (κ1) is 21.7. The number of aryl methyl sites for hydroxylation is 2. The van der Waals surface area contributed by atoms with Gasteiger partial charge in [-0.2, -0.15) is 10.1 Å². The second-order valence-electron chi connectivity index (χ2n) is 7.70. The van der Waals surface area contributed by atoms with Crippen LogP contribution in [0.25, 0.3) is 17.2 Å². The van der Waals surface area contributed by atoms with Crippen LogP contribution in [0.2, 0.25) is 5.02 Å². The molecule has 0 amide bonds. The van der Waals surface area contributed by atoms with Crippen LogP contribution in [0.5, 0.6) is 0 Å².